The van der Waals surface area contributed by atoms with E-state index >= 15 is 0 Å². The van der Waals surface area contributed by atoms with Crippen molar-refractivity contribution in [1.29, 1.82) is 0 Å². The second-order valence-electron chi connectivity index (χ2n) is 5.07. The van der Waals surface area contributed by atoms with Gasteiger partial charge in [0.15, 0.2) is 0 Å². The van der Waals surface area contributed by atoms with Crippen LogP contribution in [0.5, 0.6) is 11.5 Å². The fraction of sp³-hybridized carbons (Fsp3) is 0.417. The molecule has 1 aromatic carbocycles. The predicted octanol–water partition coefficient (Wildman–Crippen LogP) is 1.62. The number of hydrogen-bond donors (Lipinski definition) is 2. The van der Waals surface area contributed by atoms with Crippen molar-refractivity contribution in [2.24, 2.45) is 5.14 Å². The molecule has 0 radical (unpaired) electrons. The lowest BCUT2D eigenvalue weighted by Gasteiger charge is -2.20. The van der Waals surface area contributed by atoms with Gasteiger partial charge >= 0.3 is 16.4 Å². The number of nitrogens with two attached hydrogens (primary N) is 1. The molecule has 0 saturated carbocycles. The van der Waals surface area contributed by atoms with Crippen molar-refractivity contribution in [2.45, 2.75) is 26.4 Å². The van der Waals surface area contributed by atoms with Crippen molar-refractivity contribution in [3.05, 3.63) is 18.2 Å². The smallest absolute Gasteiger partial charge is 0.412 e. The lowest BCUT2D eigenvalue weighted by Crippen LogP contribution is -2.27. The third-order valence-corrected chi connectivity index (χ3v) is 2.45. The van der Waals surface area contributed by atoms with E-state index in [0.717, 1.165) is 0 Å². The first kappa shape index (κ1) is 17.1. The van der Waals surface area contributed by atoms with E-state index in [1.54, 1.807) is 20.8 Å². The average Bonchev–Trinajstić information content (AvgIpc) is 2.26. The van der Waals surface area contributed by atoms with Gasteiger partial charge in [-0.2, -0.15) is 13.6 Å². The molecule has 0 aromatic heterocycles. The van der Waals surface area contributed by atoms with Crippen LogP contribution in [0.1, 0.15) is 20.8 Å². The highest BCUT2D eigenvalue weighted by molar-refractivity contribution is 7.84. The van der Waals surface area contributed by atoms with Gasteiger partial charge < -0.3 is 13.7 Å². The Hall–Kier alpha value is -2.00. The van der Waals surface area contributed by atoms with Crippen molar-refractivity contribution in [3.8, 4) is 11.5 Å². The largest absolute Gasteiger partial charge is 0.494 e. The number of carbonyl (C=O) groups is 1. The zero-order chi connectivity index (χ0) is 16.3. The summed E-state index contributed by atoms with van der Waals surface area (Å²) in [5.41, 5.74) is -0.345. The molecule has 0 spiro atoms. The van der Waals surface area contributed by atoms with Gasteiger partial charge in [-0.1, -0.05) is 0 Å². The van der Waals surface area contributed by atoms with Gasteiger partial charge in [0, 0.05) is 6.07 Å². The van der Waals surface area contributed by atoms with E-state index in [1.165, 1.54) is 25.3 Å². The molecule has 0 atom stereocenters. The highest BCUT2D eigenvalue weighted by atomic mass is 32.2. The van der Waals surface area contributed by atoms with Gasteiger partial charge in [0.1, 0.15) is 17.1 Å². The standard InChI is InChI=1S/C12H18N2O6S/c1-12(2,3)19-11(15)14-9-6-5-8(7-10(9)18-4)20-21(13,16)17/h5-7H,1-4H3,(H,14,15)(H2,13,16,17). The van der Waals surface area contributed by atoms with E-state index in [0.29, 0.717) is 5.69 Å². The molecular formula is C12H18N2O6S. The maximum Gasteiger partial charge on any atom is 0.412 e. The van der Waals surface area contributed by atoms with E-state index < -0.39 is 22.0 Å². The molecule has 1 aromatic rings. The molecule has 118 valence electrons. The summed E-state index contributed by atoms with van der Waals surface area (Å²) >= 11 is 0. The zero-order valence-electron chi connectivity index (χ0n) is 12.2. The lowest BCUT2D eigenvalue weighted by atomic mass is 10.2. The van der Waals surface area contributed by atoms with Gasteiger partial charge in [-0.05, 0) is 32.9 Å². The van der Waals surface area contributed by atoms with Crippen LogP contribution in [0.3, 0.4) is 0 Å². The van der Waals surface area contributed by atoms with Gasteiger partial charge in [0.2, 0.25) is 0 Å². The minimum Gasteiger partial charge on any atom is -0.494 e. The monoisotopic (exact) mass is 318 g/mol. The van der Waals surface area contributed by atoms with Crippen molar-refractivity contribution in [1.82, 2.24) is 0 Å². The van der Waals surface area contributed by atoms with Crippen molar-refractivity contribution >= 4 is 22.1 Å². The predicted molar refractivity (Wildman–Crippen MR) is 76.6 cm³/mol. The minimum atomic E-state index is -4.13. The van der Waals surface area contributed by atoms with Gasteiger partial charge in [-0.15, -0.1) is 0 Å². The van der Waals surface area contributed by atoms with Crippen LogP contribution in [0.2, 0.25) is 0 Å². The Balaban J connectivity index is 2.92. The molecule has 0 aliphatic carbocycles. The van der Waals surface area contributed by atoms with Gasteiger partial charge in [0.25, 0.3) is 0 Å². The Labute approximate surface area is 123 Å². The molecule has 0 heterocycles. The van der Waals surface area contributed by atoms with Crippen molar-refractivity contribution in [3.63, 3.8) is 0 Å². The van der Waals surface area contributed by atoms with Crippen LogP contribution >= 0.6 is 0 Å². The topological polar surface area (TPSA) is 117 Å². The first-order valence-electron chi connectivity index (χ1n) is 5.90. The summed E-state index contributed by atoms with van der Waals surface area (Å²) in [6.07, 6.45) is -0.666. The molecule has 9 heteroatoms. The highest BCUT2D eigenvalue weighted by Gasteiger charge is 2.18. The summed E-state index contributed by atoms with van der Waals surface area (Å²) in [5.74, 6) is 0.158. The van der Waals surface area contributed by atoms with Crippen LogP contribution in [0.25, 0.3) is 0 Å². The van der Waals surface area contributed by atoms with Crippen molar-refractivity contribution < 1.29 is 26.9 Å². The molecule has 0 unspecified atom stereocenters. The first-order valence-corrected chi connectivity index (χ1v) is 7.37. The zero-order valence-corrected chi connectivity index (χ0v) is 13.0. The summed E-state index contributed by atoms with van der Waals surface area (Å²) in [6, 6.07) is 4.00. The fourth-order valence-corrected chi connectivity index (χ4v) is 1.75. The Morgan fingerprint density at radius 1 is 1.29 bits per heavy atom. The minimum absolute atomic E-state index is 0.0379. The quantitative estimate of drug-likeness (QED) is 0.871. The number of methoxy groups -OCH3 is 1. The number of anilines is 1. The third-order valence-electron chi connectivity index (χ3n) is 2.02. The number of benzene rings is 1. The molecule has 8 nitrogen and oxygen atoms in total. The molecular weight excluding hydrogens is 300 g/mol. The second kappa shape index (κ2) is 6.19. The van der Waals surface area contributed by atoms with E-state index in [9.17, 15) is 13.2 Å². The number of hydrogen-bond acceptors (Lipinski definition) is 6. The Bertz CT molecular complexity index is 621. The van der Waals surface area contributed by atoms with Crippen LogP contribution in [0.4, 0.5) is 10.5 Å². The third kappa shape index (κ3) is 6.32. The summed E-state index contributed by atoms with van der Waals surface area (Å²) in [5, 5.41) is 7.25. The van der Waals surface area contributed by atoms with Crippen LogP contribution in [0, 0.1) is 0 Å². The molecule has 21 heavy (non-hydrogen) atoms. The average molecular weight is 318 g/mol. The summed E-state index contributed by atoms with van der Waals surface area (Å²) in [6.45, 7) is 5.19. The Morgan fingerprint density at radius 2 is 1.90 bits per heavy atom. The van der Waals surface area contributed by atoms with Crippen LogP contribution in [-0.4, -0.2) is 27.2 Å². The SMILES string of the molecule is COc1cc(OS(N)(=O)=O)ccc1NC(=O)OC(C)(C)C. The summed E-state index contributed by atoms with van der Waals surface area (Å²) in [4.78, 5) is 11.7. The summed E-state index contributed by atoms with van der Waals surface area (Å²) in [7, 11) is -2.77. The van der Waals surface area contributed by atoms with Crippen LogP contribution in [-0.2, 0) is 15.0 Å². The van der Waals surface area contributed by atoms with Gasteiger partial charge in [-0.25, -0.2) is 4.79 Å². The van der Waals surface area contributed by atoms with Gasteiger partial charge in [0.05, 0.1) is 12.8 Å². The van der Waals surface area contributed by atoms with Crippen LogP contribution in [0.15, 0.2) is 18.2 Å². The first-order chi connectivity index (χ1) is 9.50. The maximum atomic E-state index is 11.7. The molecule has 1 amide bonds. The maximum absolute atomic E-state index is 11.7. The molecule has 0 fully saturated rings. The number of amides is 1. The normalized spacial score (nSPS) is 11.7. The van der Waals surface area contributed by atoms with Crippen LogP contribution < -0.4 is 19.4 Å². The number of nitrogens with one attached hydrogen (secondary N) is 1. The summed E-state index contributed by atoms with van der Waals surface area (Å²) < 4.78 is 36.3. The van der Waals surface area contributed by atoms with E-state index in [4.69, 9.17) is 14.6 Å². The molecule has 0 bridgehead atoms. The van der Waals surface area contributed by atoms with Crippen molar-refractivity contribution in [2.75, 3.05) is 12.4 Å². The fourth-order valence-electron chi connectivity index (χ4n) is 1.37. The lowest BCUT2D eigenvalue weighted by molar-refractivity contribution is 0.0635. The van der Waals surface area contributed by atoms with Gasteiger partial charge in [-0.3, -0.25) is 5.32 Å². The number of ether oxygens (including phenoxy) is 2. The second-order valence-corrected chi connectivity index (χ2v) is 6.22. The molecule has 0 aliphatic heterocycles. The molecule has 3 N–H and O–H groups in total. The Morgan fingerprint density at radius 3 is 2.38 bits per heavy atom. The molecule has 0 aliphatic rings. The highest BCUT2D eigenvalue weighted by Crippen LogP contribution is 2.30. The molecule has 0 saturated heterocycles. The van der Waals surface area contributed by atoms with E-state index in [2.05, 4.69) is 9.50 Å². The molecule has 1 rings (SSSR count). The number of carbonyl (C=O) groups excluding carboxylic acids is 1. The number of rotatable bonds is 4. The Kier molecular flexibility index (Phi) is 5.02. The van der Waals surface area contributed by atoms with E-state index in [1.807, 2.05) is 0 Å². The van der Waals surface area contributed by atoms with E-state index in [-0.39, 0.29) is 11.5 Å².